The molecule has 21 heavy (non-hydrogen) atoms. The van der Waals surface area contributed by atoms with Crippen LogP contribution in [-0.2, 0) is 15.7 Å². The molecule has 0 aliphatic carbocycles. The van der Waals surface area contributed by atoms with E-state index >= 15 is 0 Å². The summed E-state index contributed by atoms with van der Waals surface area (Å²) in [6.07, 6.45) is -4.55. The average molecular weight is 320 g/mol. The maximum absolute atomic E-state index is 12.6. The van der Waals surface area contributed by atoms with E-state index in [9.17, 15) is 18.0 Å². The molecule has 0 aliphatic rings. The largest absolute Gasteiger partial charge is 0.461 e. The van der Waals surface area contributed by atoms with Gasteiger partial charge in [0, 0.05) is 0 Å². The molecule has 0 heterocycles. The summed E-state index contributed by atoms with van der Waals surface area (Å²) in [6, 6.07) is 4.01. The molecule has 0 saturated heterocycles. The normalized spacial score (nSPS) is 11.7. The number of hydrogen-bond acceptors (Lipinski definition) is 5. The molecule has 9 heteroatoms. The molecule has 0 atom stereocenters. The molecule has 0 saturated carbocycles. The van der Waals surface area contributed by atoms with Gasteiger partial charge in [0.2, 0.25) is 5.71 Å². The standard InChI is InChI=1S/C12H9ClF3N3O2/c1-2-21-11(20)10(6-17)19-18-9-5-7(12(14,15)16)3-4-8(9)13/h3-5,18H,2H2,1H3. The number of hydrogen-bond donors (Lipinski definition) is 1. The Bertz CT molecular complexity index is 609. The van der Waals surface area contributed by atoms with Crippen molar-refractivity contribution in [1.29, 1.82) is 5.26 Å². The predicted octanol–water partition coefficient (Wildman–Crippen LogP) is 3.21. The maximum Gasteiger partial charge on any atom is 0.416 e. The number of nitrogens with zero attached hydrogens (tertiary/aromatic N) is 2. The van der Waals surface area contributed by atoms with Crippen LogP contribution in [-0.4, -0.2) is 18.3 Å². The van der Waals surface area contributed by atoms with E-state index in [0.717, 1.165) is 12.1 Å². The van der Waals surface area contributed by atoms with Crippen LogP contribution in [0.5, 0.6) is 0 Å². The molecule has 112 valence electrons. The van der Waals surface area contributed by atoms with Crippen LogP contribution in [0.3, 0.4) is 0 Å². The SMILES string of the molecule is CCOC(=O)C(C#N)=NNc1cc(C(F)(F)F)ccc1Cl. The smallest absolute Gasteiger partial charge is 0.416 e. The summed E-state index contributed by atoms with van der Waals surface area (Å²) in [7, 11) is 0. The van der Waals surface area contributed by atoms with E-state index in [4.69, 9.17) is 16.9 Å². The van der Waals surface area contributed by atoms with E-state index in [1.807, 2.05) is 0 Å². The number of halogens is 4. The first kappa shape index (κ1) is 16.8. The molecular formula is C12H9ClF3N3O2. The molecule has 1 aromatic carbocycles. The Labute approximate surface area is 123 Å². The summed E-state index contributed by atoms with van der Waals surface area (Å²) in [5.41, 5.74) is 0.378. The van der Waals surface area contributed by atoms with Crippen molar-refractivity contribution < 1.29 is 22.7 Å². The first-order valence-electron chi connectivity index (χ1n) is 5.57. The van der Waals surface area contributed by atoms with Crippen LogP contribution < -0.4 is 5.43 Å². The molecule has 0 unspecified atom stereocenters. The average Bonchev–Trinajstić information content (AvgIpc) is 2.40. The lowest BCUT2D eigenvalue weighted by Crippen LogP contribution is -2.17. The number of nitrogens with one attached hydrogen (secondary N) is 1. The number of alkyl halides is 3. The zero-order valence-electron chi connectivity index (χ0n) is 10.7. The minimum Gasteiger partial charge on any atom is -0.461 e. The second kappa shape index (κ2) is 6.95. The van der Waals surface area contributed by atoms with Gasteiger partial charge in [0.1, 0.15) is 6.07 Å². The second-order valence-electron chi connectivity index (χ2n) is 3.60. The Hall–Kier alpha value is -2.27. The zero-order chi connectivity index (χ0) is 16.0. The third-order valence-corrected chi connectivity index (χ3v) is 2.49. The van der Waals surface area contributed by atoms with Crippen LogP contribution >= 0.6 is 11.6 Å². The second-order valence-corrected chi connectivity index (χ2v) is 4.00. The Balaban J connectivity index is 3.02. The number of carbonyl (C=O) groups excluding carboxylic acids is 1. The summed E-state index contributed by atoms with van der Waals surface area (Å²) in [5, 5.41) is 12.1. The van der Waals surface area contributed by atoms with Crippen LogP contribution in [0.4, 0.5) is 18.9 Å². The monoisotopic (exact) mass is 319 g/mol. The van der Waals surface area contributed by atoms with Gasteiger partial charge in [-0.05, 0) is 25.1 Å². The van der Waals surface area contributed by atoms with E-state index < -0.39 is 23.4 Å². The van der Waals surface area contributed by atoms with Crippen molar-refractivity contribution in [2.45, 2.75) is 13.1 Å². The highest BCUT2D eigenvalue weighted by Gasteiger charge is 2.31. The van der Waals surface area contributed by atoms with Crippen molar-refractivity contribution in [1.82, 2.24) is 0 Å². The topological polar surface area (TPSA) is 74.5 Å². The highest BCUT2D eigenvalue weighted by Crippen LogP contribution is 2.33. The lowest BCUT2D eigenvalue weighted by molar-refractivity contribution is -0.137. The molecule has 0 aliphatic heterocycles. The highest BCUT2D eigenvalue weighted by atomic mass is 35.5. The Morgan fingerprint density at radius 1 is 1.52 bits per heavy atom. The quantitative estimate of drug-likeness (QED) is 0.525. The number of carbonyl (C=O) groups is 1. The van der Waals surface area contributed by atoms with Crippen molar-refractivity contribution in [2.24, 2.45) is 5.10 Å². The summed E-state index contributed by atoms with van der Waals surface area (Å²) < 4.78 is 42.2. The van der Waals surface area contributed by atoms with Gasteiger partial charge in [-0.15, -0.1) is 0 Å². The maximum atomic E-state index is 12.6. The van der Waals surface area contributed by atoms with Crippen molar-refractivity contribution in [3.8, 4) is 6.07 Å². The van der Waals surface area contributed by atoms with E-state index in [1.165, 1.54) is 13.0 Å². The molecule has 0 spiro atoms. The van der Waals surface area contributed by atoms with Gasteiger partial charge >= 0.3 is 12.1 Å². The molecule has 1 aromatic rings. The molecule has 0 amide bonds. The molecule has 0 fully saturated rings. The van der Waals surface area contributed by atoms with Gasteiger partial charge in [-0.1, -0.05) is 11.6 Å². The van der Waals surface area contributed by atoms with Crippen LogP contribution in [0, 0.1) is 11.3 Å². The molecule has 0 bridgehead atoms. The van der Waals surface area contributed by atoms with Crippen LogP contribution in [0.2, 0.25) is 5.02 Å². The number of esters is 1. The molecule has 1 N–H and O–H groups in total. The fraction of sp³-hybridized carbons (Fsp3) is 0.250. The fourth-order valence-corrected chi connectivity index (χ4v) is 1.38. The van der Waals surface area contributed by atoms with Gasteiger partial charge in [0.15, 0.2) is 0 Å². The van der Waals surface area contributed by atoms with Crippen LogP contribution in [0.25, 0.3) is 0 Å². The third kappa shape index (κ3) is 4.65. The molecule has 0 radical (unpaired) electrons. The summed E-state index contributed by atoms with van der Waals surface area (Å²) in [4.78, 5) is 11.3. The van der Waals surface area contributed by atoms with Gasteiger partial charge in [0.25, 0.3) is 0 Å². The van der Waals surface area contributed by atoms with E-state index in [2.05, 4.69) is 15.3 Å². The summed E-state index contributed by atoms with van der Waals surface area (Å²) in [5.74, 6) is -0.990. The number of nitriles is 1. The first-order chi connectivity index (χ1) is 9.79. The van der Waals surface area contributed by atoms with Gasteiger partial charge in [-0.2, -0.15) is 23.5 Å². The number of ether oxygens (including phenoxy) is 1. The van der Waals surface area contributed by atoms with Gasteiger partial charge in [0.05, 0.1) is 22.9 Å². The van der Waals surface area contributed by atoms with Crippen molar-refractivity contribution in [2.75, 3.05) is 12.0 Å². The Morgan fingerprint density at radius 3 is 2.71 bits per heavy atom. The van der Waals surface area contributed by atoms with Gasteiger partial charge in [-0.3, -0.25) is 5.43 Å². The molecule has 5 nitrogen and oxygen atoms in total. The molecule has 0 aromatic heterocycles. The van der Waals surface area contributed by atoms with E-state index in [0.29, 0.717) is 6.07 Å². The highest BCUT2D eigenvalue weighted by molar-refractivity contribution is 6.43. The van der Waals surface area contributed by atoms with Gasteiger partial charge < -0.3 is 4.74 Å². The van der Waals surface area contributed by atoms with Gasteiger partial charge in [-0.25, -0.2) is 4.79 Å². The minimum atomic E-state index is -4.55. The number of rotatable bonds is 4. The zero-order valence-corrected chi connectivity index (χ0v) is 11.4. The van der Waals surface area contributed by atoms with Crippen LogP contribution in [0.1, 0.15) is 12.5 Å². The third-order valence-electron chi connectivity index (χ3n) is 2.16. The van der Waals surface area contributed by atoms with E-state index in [1.54, 1.807) is 0 Å². The Kier molecular flexibility index (Phi) is 5.55. The lowest BCUT2D eigenvalue weighted by atomic mass is 10.2. The van der Waals surface area contributed by atoms with Crippen molar-refractivity contribution >= 4 is 29.0 Å². The summed E-state index contributed by atoms with van der Waals surface area (Å²) in [6.45, 7) is 1.56. The molecule has 1 rings (SSSR count). The Morgan fingerprint density at radius 2 is 2.19 bits per heavy atom. The number of anilines is 1. The molecular weight excluding hydrogens is 311 g/mol. The predicted molar refractivity (Wildman–Crippen MR) is 69.8 cm³/mol. The van der Waals surface area contributed by atoms with Crippen molar-refractivity contribution in [3.05, 3.63) is 28.8 Å². The fourth-order valence-electron chi connectivity index (χ4n) is 1.22. The van der Waals surface area contributed by atoms with Crippen molar-refractivity contribution in [3.63, 3.8) is 0 Å². The summed E-state index contributed by atoms with van der Waals surface area (Å²) >= 11 is 5.72. The number of hydrazone groups is 1. The van der Waals surface area contributed by atoms with E-state index in [-0.39, 0.29) is 17.3 Å². The first-order valence-corrected chi connectivity index (χ1v) is 5.95. The lowest BCUT2D eigenvalue weighted by Gasteiger charge is -2.10. The van der Waals surface area contributed by atoms with Crippen LogP contribution in [0.15, 0.2) is 23.3 Å². The number of benzene rings is 1. The minimum absolute atomic E-state index is 0.0316.